The minimum absolute atomic E-state index is 0.155. The molecular weight excluding hydrogens is 402 g/mol. The van der Waals surface area contributed by atoms with Gasteiger partial charge in [-0.25, -0.2) is 8.78 Å². The van der Waals surface area contributed by atoms with E-state index in [4.69, 9.17) is 4.42 Å². The first kappa shape index (κ1) is 20.5. The van der Waals surface area contributed by atoms with Crippen LogP contribution in [0.2, 0.25) is 0 Å². The third kappa shape index (κ3) is 4.12. The zero-order valence-electron chi connectivity index (χ0n) is 17.0. The highest BCUT2D eigenvalue weighted by Gasteiger charge is 2.23. The zero-order chi connectivity index (χ0) is 22.1. The lowest BCUT2D eigenvalue weighted by Crippen LogP contribution is -2.29. The molecule has 0 saturated carbocycles. The highest BCUT2D eigenvalue weighted by Crippen LogP contribution is 2.24. The molecule has 0 aliphatic heterocycles. The van der Waals surface area contributed by atoms with Crippen LogP contribution < -0.4 is 10.9 Å². The monoisotopic (exact) mass is 422 g/mol. The number of carbonyl (C=O) groups excluding carboxylic acids is 1. The second-order valence-corrected chi connectivity index (χ2v) is 7.40. The van der Waals surface area contributed by atoms with Gasteiger partial charge < -0.3 is 14.3 Å². The predicted octanol–water partition coefficient (Wildman–Crippen LogP) is 4.72. The summed E-state index contributed by atoms with van der Waals surface area (Å²) in [6.45, 7) is 3.54. The van der Waals surface area contributed by atoms with Crippen LogP contribution in [0.3, 0.4) is 0 Å². The fraction of sp³-hybridized carbons (Fsp3) is 0.167. The smallest absolute Gasteiger partial charge is 0.262 e. The van der Waals surface area contributed by atoms with Gasteiger partial charge in [0.25, 0.3) is 11.5 Å². The minimum atomic E-state index is -0.464. The Balaban J connectivity index is 1.68. The topological polar surface area (TPSA) is 64.2 Å². The normalized spacial score (nSPS) is 12.1. The van der Waals surface area contributed by atoms with E-state index in [1.54, 1.807) is 50.4 Å². The number of halogens is 2. The van der Waals surface area contributed by atoms with Crippen LogP contribution in [0.15, 0.2) is 70.0 Å². The Morgan fingerprint density at radius 2 is 1.84 bits per heavy atom. The third-order valence-corrected chi connectivity index (χ3v) is 5.18. The van der Waals surface area contributed by atoms with Gasteiger partial charge in [-0.05, 0) is 55.3 Å². The molecule has 0 aliphatic rings. The Hall–Kier alpha value is -3.74. The van der Waals surface area contributed by atoms with Gasteiger partial charge in [-0.15, -0.1) is 0 Å². The summed E-state index contributed by atoms with van der Waals surface area (Å²) in [5.74, 6) is -0.897. The summed E-state index contributed by atoms with van der Waals surface area (Å²) in [5.41, 5.74) is 1.40. The van der Waals surface area contributed by atoms with Gasteiger partial charge in [0.15, 0.2) is 0 Å². The van der Waals surface area contributed by atoms with Crippen molar-refractivity contribution < 1.29 is 18.0 Å². The van der Waals surface area contributed by atoms with Crippen molar-refractivity contribution in [3.63, 3.8) is 0 Å². The first-order valence-electron chi connectivity index (χ1n) is 9.77. The van der Waals surface area contributed by atoms with Gasteiger partial charge in [-0.1, -0.05) is 24.3 Å². The summed E-state index contributed by atoms with van der Waals surface area (Å²) < 4.78 is 33.7. The zero-order valence-corrected chi connectivity index (χ0v) is 17.0. The largest absolute Gasteiger partial charge is 0.460 e. The van der Waals surface area contributed by atoms with Gasteiger partial charge in [0.2, 0.25) is 0 Å². The number of pyridine rings is 1. The number of aryl methyl sites for hydroxylation is 1. The van der Waals surface area contributed by atoms with Crippen molar-refractivity contribution in [2.24, 2.45) is 0 Å². The molecule has 4 rings (SSSR count). The van der Waals surface area contributed by atoms with E-state index in [0.717, 1.165) is 5.56 Å². The molecule has 1 N–H and O–H groups in total. The fourth-order valence-electron chi connectivity index (χ4n) is 3.60. The molecule has 0 fully saturated rings. The van der Waals surface area contributed by atoms with Gasteiger partial charge in [0.1, 0.15) is 23.0 Å². The molecule has 1 amide bonds. The Morgan fingerprint density at radius 3 is 2.55 bits per heavy atom. The van der Waals surface area contributed by atoms with Crippen LogP contribution in [0, 0.1) is 18.6 Å². The fourth-order valence-corrected chi connectivity index (χ4v) is 3.60. The molecule has 1 atom stereocenters. The molecule has 0 radical (unpaired) electrons. The number of fused-ring (bicyclic) bond motifs is 1. The Kier molecular flexibility index (Phi) is 5.42. The second kappa shape index (κ2) is 8.18. The molecule has 7 heteroatoms. The molecule has 31 heavy (non-hydrogen) atoms. The first-order valence-corrected chi connectivity index (χ1v) is 9.77. The summed E-state index contributed by atoms with van der Waals surface area (Å²) in [5, 5.41) is 3.00. The lowest BCUT2D eigenvalue weighted by atomic mass is 10.1. The van der Waals surface area contributed by atoms with Crippen LogP contribution in [-0.2, 0) is 6.54 Å². The number of benzene rings is 2. The average Bonchev–Trinajstić information content (AvgIpc) is 3.07. The van der Waals surface area contributed by atoms with E-state index in [9.17, 15) is 18.4 Å². The molecule has 2 aromatic heterocycles. The van der Waals surface area contributed by atoms with Crippen LogP contribution in [0.5, 0.6) is 0 Å². The summed E-state index contributed by atoms with van der Waals surface area (Å²) in [4.78, 5) is 26.2. The number of rotatable bonds is 5. The van der Waals surface area contributed by atoms with Crippen molar-refractivity contribution >= 4 is 16.9 Å². The molecule has 0 saturated heterocycles. The van der Waals surface area contributed by atoms with Crippen molar-refractivity contribution in [2.45, 2.75) is 26.4 Å². The van der Waals surface area contributed by atoms with E-state index in [1.165, 1.54) is 28.8 Å². The first-order chi connectivity index (χ1) is 14.8. The second-order valence-electron chi connectivity index (χ2n) is 7.40. The number of nitrogens with zero attached hydrogens (tertiary/aromatic N) is 1. The number of nitrogens with one attached hydrogen (secondary N) is 1. The lowest BCUT2D eigenvalue weighted by molar-refractivity contribution is 0.0939. The number of aromatic nitrogens is 1. The third-order valence-electron chi connectivity index (χ3n) is 5.18. The molecule has 158 valence electrons. The van der Waals surface area contributed by atoms with Crippen LogP contribution >= 0.6 is 0 Å². The number of furan rings is 1. The standard InChI is InChI=1S/C24H20F2N2O3/c1-14(17-6-8-18(25)9-7-17)27-23(29)21-15(2)31-20-10-11-28(24(30)22(20)21)13-16-4-3-5-19(26)12-16/h3-12,14H,13H2,1-2H3,(H,27,29)/t14-/m0/s1. The van der Waals surface area contributed by atoms with E-state index in [1.807, 2.05) is 0 Å². The SMILES string of the molecule is Cc1oc2ccn(Cc3cccc(F)c3)c(=O)c2c1C(=O)N[C@@H](C)c1ccc(F)cc1. The molecule has 0 bridgehead atoms. The molecule has 2 heterocycles. The van der Waals surface area contributed by atoms with E-state index < -0.39 is 17.5 Å². The summed E-state index contributed by atoms with van der Waals surface area (Å²) >= 11 is 0. The van der Waals surface area contributed by atoms with Crippen molar-refractivity contribution in [3.05, 3.63) is 105 Å². The highest BCUT2D eigenvalue weighted by atomic mass is 19.1. The van der Waals surface area contributed by atoms with E-state index in [-0.39, 0.29) is 29.1 Å². The molecule has 0 unspecified atom stereocenters. The quantitative estimate of drug-likeness (QED) is 0.506. The van der Waals surface area contributed by atoms with Gasteiger partial charge in [-0.3, -0.25) is 9.59 Å². The predicted molar refractivity (Wildman–Crippen MR) is 113 cm³/mol. The van der Waals surface area contributed by atoms with Crippen LogP contribution in [0.25, 0.3) is 11.0 Å². The van der Waals surface area contributed by atoms with Gasteiger partial charge >= 0.3 is 0 Å². The number of carbonyl (C=O) groups is 1. The van der Waals surface area contributed by atoms with Crippen LogP contribution in [0.4, 0.5) is 8.78 Å². The Morgan fingerprint density at radius 1 is 1.10 bits per heavy atom. The van der Waals surface area contributed by atoms with Crippen molar-refractivity contribution in [1.82, 2.24) is 9.88 Å². The molecule has 0 aliphatic carbocycles. The average molecular weight is 422 g/mol. The van der Waals surface area contributed by atoms with Gasteiger partial charge in [-0.2, -0.15) is 0 Å². The van der Waals surface area contributed by atoms with Gasteiger partial charge in [0, 0.05) is 6.20 Å². The highest BCUT2D eigenvalue weighted by molar-refractivity contribution is 6.07. The number of amides is 1. The van der Waals surface area contributed by atoms with Crippen molar-refractivity contribution in [2.75, 3.05) is 0 Å². The number of hydrogen-bond donors (Lipinski definition) is 1. The van der Waals surface area contributed by atoms with Crippen molar-refractivity contribution in [1.29, 1.82) is 0 Å². The Bertz CT molecular complexity index is 1320. The van der Waals surface area contributed by atoms with E-state index >= 15 is 0 Å². The maximum Gasteiger partial charge on any atom is 0.262 e. The lowest BCUT2D eigenvalue weighted by Gasteiger charge is -2.14. The summed E-state index contributed by atoms with van der Waals surface area (Å²) in [7, 11) is 0. The summed E-state index contributed by atoms with van der Waals surface area (Å²) in [6.07, 6.45) is 1.56. The molecule has 5 nitrogen and oxygen atoms in total. The summed E-state index contributed by atoms with van der Waals surface area (Å²) in [6, 6.07) is 13.0. The van der Waals surface area contributed by atoms with E-state index in [2.05, 4.69) is 5.32 Å². The van der Waals surface area contributed by atoms with Crippen LogP contribution in [-0.4, -0.2) is 10.5 Å². The van der Waals surface area contributed by atoms with Crippen molar-refractivity contribution in [3.8, 4) is 0 Å². The number of hydrogen-bond acceptors (Lipinski definition) is 3. The molecule has 2 aromatic carbocycles. The molecule has 0 spiro atoms. The maximum absolute atomic E-state index is 13.5. The Labute approximate surface area is 176 Å². The molecular formula is C24H20F2N2O3. The van der Waals surface area contributed by atoms with Crippen LogP contribution in [0.1, 0.15) is 40.2 Å². The van der Waals surface area contributed by atoms with E-state index in [0.29, 0.717) is 16.9 Å². The molecule has 4 aromatic rings. The van der Waals surface area contributed by atoms with Gasteiger partial charge in [0.05, 0.1) is 23.5 Å². The minimum Gasteiger partial charge on any atom is -0.460 e. The maximum atomic E-state index is 13.5.